The number of nitrogens with two attached hydrogens (primary N) is 1. The molecule has 1 rings (SSSR count). The minimum atomic E-state index is -0.0584. The van der Waals surface area contributed by atoms with Crippen LogP contribution in [-0.2, 0) is 0 Å². The first-order valence-corrected chi connectivity index (χ1v) is 7.14. The summed E-state index contributed by atoms with van der Waals surface area (Å²) in [5.74, 6) is 0.163. The van der Waals surface area contributed by atoms with E-state index in [-0.39, 0.29) is 11.7 Å². The molecule has 1 amide bonds. The molecule has 0 fully saturated rings. The number of amidine groups is 1. The van der Waals surface area contributed by atoms with Crippen molar-refractivity contribution < 1.29 is 10.0 Å². The van der Waals surface area contributed by atoms with Crippen molar-refractivity contribution in [3.05, 3.63) is 32.9 Å². The molecule has 0 saturated heterocycles. The molecule has 4 N–H and O–H groups in total. The van der Waals surface area contributed by atoms with Gasteiger partial charge in [0.05, 0.1) is 5.56 Å². The Bertz CT molecular complexity index is 475. The topological polar surface area (TPSA) is 87.7 Å². The first-order valence-electron chi connectivity index (χ1n) is 6.06. The van der Waals surface area contributed by atoms with E-state index in [1.54, 1.807) is 0 Å². The number of hydrogen-bond acceptors (Lipinski definition) is 3. The molecule has 19 heavy (non-hydrogen) atoms. The lowest BCUT2D eigenvalue weighted by Gasteiger charge is -2.08. The minimum absolute atomic E-state index is 0.0584. The van der Waals surface area contributed by atoms with E-state index in [0.717, 1.165) is 22.0 Å². The Kier molecular flexibility index (Phi) is 6.61. The van der Waals surface area contributed by atoms with E-state index < -0.39 is 0 Å². The molecular formula is C13H18IN3O2. The molecule has 0 radical (unpaired) electrons. The number of hydrogen-bond donors (Lipinski definition) is 3. The third-order valence-electron chi connectivity index (χ3n) is 2.71. The molecule has 6 heteroatoms. The molecule has 0 aliphatic heterocycles. The van der Waals surface area contributed by atoms with Gasteiger partial charge in [0.15, 0.2) is 0 Å². The molecule has 0 aromatic heterocycles. The predicted octanol–water partition coefficient (Wildman–Crippen LogP) is 2.25. The van der Waals surface area contributed by atoms with Gasteiger partial charge in [-0.25, -0.2) is 0 Å². The summed E-state index contributed by atoms with van der Waals surface area (Å²) in [6, 6.07) is 5.68. The molecule has 1 aromatic carbocycles. The van der Waals surface area contributed by atoms with E-state index in [2.05, 4.69) is 33.1 Å². The van der Waals surface area contributed by atoms with Gasteiger partial charge in [0.1, 0.15) is 5.84 Å². The van der Waals surface area contributed by atoms with Gasteiger partial charge < -0.3 is 16.3 Å². The van der Waals surface area contributed by atoms with Crippen LogP contribution in [0.3, 0.4) is 0 Å². The van der Waals surface area contributed by atoms with Gasteiger partial charge in [0.2, 0.25) is 0 Å². The average molecular weight is 375 g/mol. The summed E-state index contributed by atoms with van der Waals surface area (Å²) in [7, 11) is 0. The second-order valence-electron chi connectivity index (χ2n) is 4.24. The number of nitrogens with zero attached hydrogens (tertiary/aromatic N) is 1. The molecule has 0 unspecified atom stereocenters. The Balaban J connectivity index is 2.38. The van der Waals surface area contributed by atoms with E-state index in [1.807, 2.05) is 25.1 Å². The fourth-order valence-electron chi connectivity index (χ4n) is 1.60. The van der Waals surface area contributed by atoms with Crippen LogP contribution in [-0.4, -0.2) is 23.5 Å². The zero-order valence-corrected chi connectivity index (χ0v) is 13.0. The largest absolute Gasteiger partial charge is 0.409 e. The number of carbonyl (C=O) groups is 1. The molecule has 0 spiro atoms. The Labute approximate surface area is 126 Å². The van der Waals surface area contributed by atoms with Crippen LogP contribution in [0, 0.1) is 10.5 Å². The molecule has 0 aliphatic rings. The lowest BCUT2D eigenvalue weighted by atomic mass is 10.1. The van der Waals surface area contributed by atoms with Crippen molar-refractivity contribution in [2.75, 3.05) is 6.54 Å². The van der Waals surface area contributed by atoms with Gasteiger partial charge >= 0.3 is 0 Å². The summed E-state index contributed by atoms with van der Waals surface area (Å²) in [5.41, 5.74) is 7.16. The number of halogens is 1. The maximum absolute atomic E-state index is 12.0. The highest BCUT2D eigenvalue weighted by Gasteiger charge is 2.10. The van der Waals surface area contributed by atoms with Gasteiger partial charge in [0.25, 0.3) is 5.91 Å². The second kappa shape index (κ2) is 7.98. The maximum atomic E-state index is 12.0. The van der Waals surface area contributed by atoms with Crippen molar-refractivity contribution in [2.45, 2.75) is 26.2 Å². The van der Waals surface area contributed by atoms with E-state index in [1.165, 1.54) is 0 Å². The second-order valence-corrected chi connectivity index (χ2v) is 5.32. The van der Waals surface area contributed by atoms with Gasteiger partial charge in [-0.05, 0) is 54.0 Å². The van der Waals surface area contributed by atoms with Gasteiger partial charge in [-0.2, -0.15) is 0 Å². The van der Waals surface area contributed by atoms with Crippen LogP contribution in [0.15, 0.2) is 23.4 Å². The molecule has 104 valence electrons. The zero-order chi connectivity index (χ0) is 14.3. The number of nitrogens with one attached hydrogen (secondary N) is 1. The average Bonchev–Trinajstić information content (AvgIpc) is 2.40. The number of aryl methyl sites for hydroxylation is 1. The molecular weight excluding hydrogens is 357 g/mol. The van der Waals surface area contributed by atoms with Gasteiger partial charge in [0, 0.05) is 16.5 Å². The standard InChI is InChI=1S/C13H18IN3O2/c1-9-5-4-6-10(12(9)14)13(18)16-8-3-2-7-11(15)17-19/h4-6,19H,2-3,7-8H2,1H3,(H2,15,17)(H,16,18). The highest BCUT2D eigenvalue weighted by molar-refractivity contribution is 14.1. The summed E-state index contributed by atoms with van der Waals surface area (Å²) in [5, 5.41) is 14.1. The van der Waals surface area contributed by atoms with Crippen LogP contribution in [0.2, 0.25) is 0 Å². The molecule has 0 saturated carbocycles. The Morgan fingerprint density at radius 3 is 2.89 bits per heavy atom. The van der Waals surface area contributed by atoms with Crippen molar-refractivity contribution in [3.8, 4) is 0 Å². The fourth-order valence-corrected chi connectivity index (χ4v) is 2.21. The van der Waals surface area contributed by atoms with E-state index in [9.17, 15) is 4.79 Å². The normalized spacial score (nSPS) is 11.4. The van der Waals surface area contributed by atoms with Crippen LogP contribution in [0.4, 0.5) is 0 Å². The lowest BCUT2D eigenvalue weighted by molar-refractivity contribution is 0.0952. The van der Waals surface area contributed by atoms with Crippen molar-refractivity contribution in [3.63, 3.8) is 0 Å². The molecule has 0 heterocycles. The predicted molar refractivity (Wildman–Crippen MR) is 83.5 cm³/mol. The maximum Gasteiger partial charge on any atom is 0.252 e. The Morgan fingerprint density at radius 2 is 2.21 bits per heavy atom. The van der Waals surface area contributed by atoms with Gasteiger partial charge in [-0.1, -0.05) is 17.3 Å². The Hall–Kier alpha value is -1.31. The van der Waals surface area contributed by atoms with Crippen LogP contribution in [0.1, 0.15) is 35.2 Å². The van der Waals surface area contributed by atoms with Crippen LogP contribution >= 0.6 is 22.6 Å². The van der Waals surface area contributed by atoms with Crippen LogP contribution in [0.5, 0.6) is 0 Å². The molecule has 0 atom stereocenters. The number of amides is 1. The summed E-state index contributed by atoms with van der Waals surface area (Å²) in [4.78, 5) is 12.0. The lowest BCUT2D eigenvalue weighted by Crippen LogP contribution is -2.25. The first kappa shape index (κ1) is 15.7. The highest BCUT2D eigenvalue weighted by atomic mass is 127. The monoisotopic (exact) mass is 375 g/mol. The summed E-state index contributed by atoms with van der Waals surface area (Å²) < 4.78 is 0.981. The first-order chi connectivity index (χ1) is 9.06. The SMILES string of the molecule is Cc1cccc(C(=O)NCCCC/C(N)=N/O)c1I. The third kappa shape index (κ3) is 5.06. The number of oxime groups is 1. The third-order valence-corrected chi connectivity index (χ3v) is 4.14. The quantitative estimate of drug-likeness (QED) is 0.178. The van der Waals surface area contributed by atoms with Crippen LogP contribution < -0.4 is 11.1 Å². The molecule has 0 aliphatic carbocycles. The van der Waals surface area contributed by atoms with Crippen molar-refractivity contribution in [2.24, 2.45) is 10.9 Å². The van der Waals surface area contributed by atoms with E-state index in [4.69, 9.17) is 10.9 Å². The number of unbranched alkanes of at least 4 members (excludes halogenated alkanes) is 1. The summed E-state index contributed by atoms with van der Waals surface area (Å²) in [6.45, 7) is 2.57. The number of carbonyl (C=O) groups excluding carboxylic acids is 1. The smallest absolute Gasteiger partial charge is 0.252 e. The fraction of sp³-hybridized carbons (Fsp3) is 0.385. The molecule has 5 nitrogen and oxygen atoms in total. The van der Waals surface area contributed by atoms with Crippen molar-refractivity contribution in [1.29, 1.82) is 0 Å². The number of benzene rings is 1. The van der Waals surface area contributed by atoms with E-state index in [0.29, 0.717) is 18.5 Å². The summed E-state index contributed by atoms with van der Waals surface area (Å²) >= 11 is 2.18. The van der Waals surface area contributed by atoms with E-state index >= 15 is 0 Å². The highest BCUT2D eigenvalue weighted by Crippen LogP contribution is 2.16. The Morgan fingerprint density at radius 1 is 1.47 bits per heavy atom. The summed E-state index contributed by atoms with van der Waals surface area (Å²) in [6.07, 6.45) is 2.11. The van der Waals surface area contributed by atoms with Crippen molar-refractivity contribution in [1.82, 2.24) is 5.32 Å². The molecule has 1 aromatic rings. The molecule has 0 bridgehead atoms. The van der Waals surface area contributed by atoms with Gasteiger partial charge in [-0.3, -0.25) is 4.79 Å². The zero-order valence-electron chi connectivity index (χ0n) is 10.8. The minimum Gasteiger partial charge on any atom is -0.409 e. The van der Waals surface area contributed by atoms with Crippen LogP contribution in [0.25, 0.3) is 0 Å². The van der Waals surface area contributed by atoms with Gasteiger partial charge in [-0.15, -0.1) is 0 Å². The number of rotatable bonds is 6. The van der Waals surface area contributed by atoms with Crippen molar-refractivity contribution >= 4 is 34.3 Å².